The summed E-state index contributed by atoms with van der Waals surface area (Å²) in [6.45, 7) is 0.514. The number of hydrogen-bond donors (Lipinski definition) is 1. The van der Waals surface area contributed by atoms with Gasteiger partial charge in [0.25, 0.3) is 0 Å². The molecule has 1 N–H and O–H groups in total. The average molecular weight is 253 g/mol. The van der Waals surface area contributed by atoms with Gasteiger partial charge >= 0.3 is 0 Å². The second kappa shape index (κ2) is 5.20. The molecule has 0 saturated carbocycles. The summed E-state index contributed by atoms with van der Waals surface area (Å²) in [4.78, 5) is 0. The van der Waals surface area contributed by atoms with E-state index in [1.165, 1.54) is 10.8 Å². The maximum absolute atomic E-state index is 10.1. The third-order valence-corrected chi connectivity index (χ3v) is 3.17. The molecule has 4 nitrogen and oxygen atoms in total. The topological polar surface area (TPSA) is 50.9 Å². The molecule has 96 valence electrons. The third kappa shape index (κ3) is 2.80. The number of nitrogens with zero attached hydrogens (tertiary/aromatic N) is 3. The van der Waals surface area contributed by atoms with Crippen LogP contribution in [0, 0.1) is 0 Å². The number of aromatic nitrogens is 3. The summed E-state index contributed by atoms with van der Waals surface area (Å²) in [7, 11) is 0. The lowest BCUT2D eigenvalue weighted by molar-refractivity contribution is 0.154. The zero-order valence-corrected chi connectivity index (χ0v) is 10.5. The van der Waals surface area contributed by atoms with Gasteiger partial charge in [0, 0.05) is 6.42 Å². The van der Waals surface area contributed by atoms with Gasteiger partial charge in [-0.25, -0.2) is 0 Å². The summed E-state index contributed by atoms with van der Waals surface area (Å²) < 4.78 is 1.78. The van der Waals surface area contributed by atoms with Gasteiger partial charge in [-0.3, -0.25) is 0 Å². The minimum absolute atomic E-state index is 0.433. The number of benzene rings is 2. The molecule has 0 amide bonds. The van der Waals surface area contributed by atoms with Crippen molar-refractivity contribution in [1.82, 2.24) is 14.8 Å². The Morgan fingerprint density at radius 1 is 1.00 bits per heavy atom. The van der Waals surface area contributed by atoms with E-state index in [-0.39, 0.29) is 0 Å². The molecule has 0 aliphatic heterocycles. The molecule has 19 heavy (non-hydrogen) atoms. The highest BCUT2D eigenvalue weighted by Gasteiger charge is 2.07. The Morgan fingerprint density at radius 2 is 1.74 bits per heavy atom. The largest absolute Gasteiger partial charge is 0.391 e. The molecule has 0 unspecified atom stereocenters. The van der Waals surface area contributed by atoms with Crippen LogP contribution >= 0.6 is 0 Å². The second-order valence-corrected chi connectivity index (χ2v) is 4.70. The van der Waals surface area contributed by atoms with Crippen LogP contribution in [0.15, 0.2) is 55.1 Å². The molecule has 1 aromatic heterocycles. The zero-order chi connectivity index (χ0) is 13.1. The molecule has 0 radical (unpaired) electrons. The molecule has 1 atom stereocenters. The zero-order valence-electron chi connectivity index (χ0n) is 10.5. The molecule has 0 bridgehead atoms. The van der Waals surface area contributed by atoms with E-state index in [0.29, 0.717) is 13.0 Å². The van der Waals surface area contributed by atoms with Crippen LogP contribution in [0.2, 0.25) is 0 Å². The van der Waals surface area contributed by atoms with Gasteiger partial charge in [0.15, 0.2) is 0 Å². The van der Waals surface area contributed by atoms with E-state index in [9.17, 15) is 5.11 Å². The van der Waals surface area contributed by atoms with Crippen LogP contribution in [0.3, 0.4) is 0 Å². The van der Waals surface area contributed by atoms with Crippen LogP contribution in [0.4, 0.5) is 0 Å². The van der Waals surface area contributed by atoms with Crippen molar-refractivity contribution < 1.29 is 5.11 Å². The molecule has 0 spiro atoms. The highest BCUT2D eigenvalue weighted by atomic mass is 16.3. The van der Waals surface area contributed by atoms with Crippen molar-refractivity contribution in [2.45, 2.75) is 19.1 Å². The van der Waals surface area contributed by atoms with Crippen LogP contribution in [-0.4, -0.2) is 26.0 Å². The molecule has 0 saturated heterocycles. The van der Waals surface area contributed by atoms with Crippen molar-refractivity contribution in [3.8, 4) is 0 Å². The van der Waals surface area contributed by atoms with E-state index in [1.807, 2.05) is 12.1 Å². The van der Waals surface area contributed by atoms with Crippen LogP contribution in [-0.2, 0) is 13.0 Å². The van der Waals surface area contributed by atoms with Gasteiger partial charge in [-0.2, -0.15) is 0 Å². The Labute approximate surface area is 111 Å². The lowest BCUT2D eigenvalue weighted by Gasteiger charge is -2.11. The smallest absolute Gasteiger partial charge is 0.119 e. The predicted molar refractivity (Wildman–Crippen MR) is 73.7 cm³/mol. The van der Waals surface area contributed by atoms with Crippen LogP contribution in [0.5, 0.6) is 0 Å². The lowest BCUT2D eigenvalue weighted by atomic mass is 10.0. The maximum Gasteiger partial charge on any atom is 0.119 e. The summed E-state index contributed by atoms with van der Waals surface area (Å²) in [5.74, 6) is 0. The Morgan fingerprint density at radius 3 is 2.53 bits per heavy atom. The Balaban J connectivity index is 1.73. The fourth-order valence-electron chi connectivity index (χ4n) is 2.26. The molecule has 3 aromatic rings. The molecular formula is C15H15N3O. The Bertz CT molecular complexity index is 664. The molecule has 0 fully saturated rings. The quantitative estimate of drug-likeness (QED) is 0.774. The predicted octanol–water partition coefficient (Wildman–Crippen LogP) is 2.03. The van der Waals surface area contributed by atoms with Crippen molar-refractivity contribution >= 4 is 10.8 Å². The van der Waals surface area contributed by atoms with Gasteiger partial charge in [-0.1, -0.05) is 42.5 Å². The van der Waals surface area contributed by atoms with Gasteiger partial charge in [0.2, 0.25) is 0 Å². The fourth-order valence-corrected chi connectivity index (χ4v) is 2.26. The number of aliphatic hydroxyl groups excluding tert-OH is 1. The standard InChI is InChI=1S/C15H15N3O/c19-15(9-18-10-16-17-11-18)8-12-5-6-13-3-1-2-4-14(13)7-12/h1-7,10-11,15,19H,8-9H2/t15-/m0/s1. The van der Waals surface area contributed by atoms with Crippen molar-refractivity contribution in [3.05, 3.63) is 60.7 Å². The van der Waals surface area contributed by atoms with Crippen molar-refractivity contribution in [2.24, 2.45) is 0 Å². The van der Waals surface area contributed by atoms with Crippen molar-refractivity contribution in [1.29, 1.82) is 0 Å². The van der Waals surface area contributed by atoms with E-state index < -0.39 is 6.10 Å². The monoisotopic (exact) mass is 253 g/mol. The summed E-state index contributed by atoms with van der Waals surface area (Å²) in [5, 5.41) is 19.9. The van der Waals surface area contributed by atoms with Gasteiger partial charge in [0.05, 0.1) is 12.6 Å². The number of hydrogen-bond acceptors (Lipinski definition) is 3. The number of fused-ring (bicyclic) bond motifs is 1. The number of rotatable bonds is 4. The first-order valence-electron chi connectivity index (χ1n) is 6.29. The molecule has 1 heterocycles. The molecule has 2 aromatic carbocycles. The first-order chi connectivity index (χ1) is 9.31. The summed E-state index contributed by atoms with van der Waals surface area (Å²) in [6, 6.07) is 14.5. The Hall–Kier alpha value is -2.20. The van der Waals surface area contributed by atoms with E-state index in [2.05, 4.69) is 40.5 Å². The third-order valence-electron chi connectivity index (χ3n) is 3.17. The molecular weight excluding hydrogens is 238 g/mol. The van der Waals surface area contributed by atoms with Gasteiger partial charge in [-0.15, -0.1) is 10.2 Å². The van der Waals surface area contributed by atoms with Gasteiger partial charge in [0.1, 0.15) is 12.7 Å². The molecule has 3 rings (SSSR count). The first-order valence-corrected chi connectivity index (χ1v) is 6.29. The second-order valence-electron chi connectivity index (χ2n) is 4.70. The molecule has 0 aliphatic carbocycles. The number of aliphatic hydroxyl groups is 1. The van der Waals surface area contributed by atoms with Crippen LogP contribution in [0.25, 0.3) is 10.8 Å². The van der Waals surface area contributed by atoms with E-state index in [1.54, 1.807) is 17.2 Å². The minimum atomic E-state index is -0.433. The van der Waals surface area contributed by atoms with E-state index in [0.717, 1.165) is 5.56 Å². The van der Waals surface area contributed by atoms with Gasteiger partial charge in [-0.05, 0) is 16.3 Å². The first kappa shape index (κ1) is 11.9. The summed E-state index contributed by atoms with van der Waals surface area (Å²) in [6.07, 6.45) is 3.42. The highest BCUT2D eigenvalue weighted by molar-refractivity contribution is 5.82. The Kier molecular flexibility index (Phi) is 3.25. The molecule has 0 aliphatic rings. The lowest BCUT2D eigenvalue weighted by Crippen LogP contribution is -2.17. The van der Waals surface area contributed by atoms with E-state index in [4.69, 9.17) is 0 Å². The summed E-state index contributed by atoms with van der Waals surface area (Å²) >= 11 is 0. The average Bonchev–Trinajstić information content (AvgIpc) is 2.91. The molecule has 4 heteroatoms. The summed E-state index contributed by atoms with van der Waals surface area (Å²) in [5.41, 5.74) is 1.14. The SMILES string of the molecule is O[C@@H](Cc1ccc2ccccc2c1)Cn1cnnc1. The minimum Gasteiger partial charge on any atom is -0.391 e. The van der Waals surface area contributed by atoms with Crippen molar-refractivity contribution in [3.63, 3.8) is 0 Å². The normalized spacial score (nSPS) is 12.7. The van der Waals surface area contributed by atoms with Gasteiger partial charge < -0.3 is 9.67 Å². The maximum atomic E-state index is 10.1. The van der Waals surface area contributed by atoms with Crippen LogP contribution in [0.1, 0.15) is 5.56 Å². The van der Waals surface area contributed by atoms with Crippen molar-refractivity contribution in [2.75, 3.05) is 0 Å². The highest BCUT2D eigenvalue weighted by Crippen LogP contribution is 2.16. The van der Waals surface area contributed by atoms with E-state index >= 15 is 0 Å². The van der Waals surface area contributed by atoms with Crippen LogP contribution < -0.4 is 0 Å². The fraction of sp³-hybridized carbons (Fsp3) is 0.200.